The van der Waals surface area contributed by atoms with Crippen molar-refractivity contribution in [2.45, 2.75) is 19.5 Å². The summed E-state index contributed by atoms with van der Waals surface area (Å²) in [6.07, 6.45) is 10.4. The quantitative estimate of drug-likeness (QED) is 0.586. The highest BCUT2D eigenvalue weighted by atomic mass is 16.3. The molecule has 1 atom stereocenters. The maximum Gasteiger partial charge on any atom is 0.251 e. The van der Waals surface area contributed by atoms with Crippen molar-refractivity contribution in [1.82, 2.24) is 34.9 Å². The lowest BCUT2D eigenvalue weighted by atomic mass is 9.96. The molecule has 1 saturated heterocycles. The van der Waals surface area contributed by atoms with Gasteiger partial charge in [0.05, 0.1) is 12.5 Å². The molecule has 28 heavy (non-hydrogen) atoms. The van der Waals surface area contributed by atoms with Crippen molar-refractivity contribution in [3.05, 3.63) is 66.4 Å². The Morgan fingerprint density at radius 1 is 1.21 bits per heavy atom. The molecule has 1 fully saturated rings. The van der Waals surface area contributed by atoms with Crippen LogP contribution < -0.4 is 5.32 Å². The third kappa shape index (κ3) is 3.17. The normalized spacial score (nSPS) is 18.0. The highest BCUT2D eigenvalue weighted by molar-refractivity contribution is 5.85. The number of nitrogens with zero attached hydrogens (tertiary/aromatic N) is 6. The van der Waals surface area contributed by atoms with Gasteiger partial charge in [-0.3, -0.25) is 4.90 Å². The first kappa shape index (κ1) is 17.0. The van der Waals surface area contributed by atoms with Gasteiger partial charge in [-0.15, -0.1) is 0 Å². The molecule has 1 aromatic carbocycles. The van der Waals surface area contributed by atoms with Crippen molar-refractivity contribution < 1.29 is 4.42 Å². The second kappa shape index (κ2) is 7.14. The molecule has 142 valence electrons. The van der Waals surface area contributed by atoms with E-state index < -0.39 is 0 Å². The van der Waals surface area contributed by atoms with Gasteiger partial charge in [0.15, 0.2) is 0 Å². The highest BCUT2D eigenvalue weighted by Crippen LogP contribution is 2.28. The van der Waals surface area contributed by atoms with E-state index in [1.54, 1.807) is 17.3 Å². The fourth-order valence-corrected chi connectivity index (χ4v) is 3.86. The number of benzene rings is 1. The number of hydrogen-bond donors (Lipinski definition) is 1. The SMILES string of the molecule is Cc1c(C2CN(Cc3cnc(-n4cncn4)nc3)CCN2)ccc2cocc12. The van der Waals surface area contributed by atoms with E-state index in [1.807, 2.05) is 18.7 Å². The van der Waals surface area contributed by atoms with Gasteiger partial charge in [-0.25, -0.2) is 15.0 Å². The number of furan rings is 1. The first-order chi connectivity index (χ1) is 13.8. The lowest BCUT2D eigenvalue weighted by Crippen LogP contribution is -2.45. The number of fused-ring (bicyclic) bond motifs is 1. The molecule has 8 heteroatoms. The van der Waals surface area contributed by atoms with Crippen LogP contribution in [0.2, 0.25) is 0 Å². The lowest BCUT2D eigenvalue weighted by Gasteiger charge is -2.34. The minimum atomic E-state index is 0.295. The summed E-state index contributed by atoms with van der Waals surface area (Å²) in [6, 6.07) is 4.64. The number of hydrogen-bond acceptors (Lipinski definition) is 7. The summed E-state index contributed by atoms with van der Waals surface area (Å²) in [5, 5.41) is 10.1. The number of rotatable bonds is 4. The molecule has 0 aliphatic carbocycles. The van der Waals surface area contributed by atoms with Crippen LogP contribution in [0, 0.1) is 6.92 Å². The predicted molar refractivity (Wildman–Crippen MR) is 104 cm³/mol. The van der Waals surface area contributed by atoms with Crippen LogP contribution in [0.5, 0.6) is 0 Å². The van der Waals surface area contributed by atoms with Gasteiger partial charge in [-0.2, -0.15) is 9.78 Å². The van der Waals surface area contributed by atoms with Crippen LogP contribution in [-0.2, 0) is 6.54 Å². The Hall–Kier alpha value is -3.10. The van der Waals surface area contributed by atoms with E-state index in [4.69, 9.17) is 4.42 Å². The summed E-state index contributed by atoms with van der Waals surface area (Å²) in [5.41, 5.74) is 3.70. The van der Waals surface area contributed by atoms with Crippen LogP contribution >= 0.6 is 0 Å². The molecule has 0 saturated carbocycles. The summed E-state index contributed by atoms with van der Waals surface area (Å²) < 4.78 is 6.92. The minimum Gasteiger partial charge on any atom is -0.471 e. The number of piperazine rings is 1. The Bertz CT molecular complexity index is 1070. The lowest BCUT2D eigenvalue weighted by molar-refractivity contribution is 0.192. The van der Waals surface area contributed by atoms with Crippen molar-refractivity contribution >= 4 is 10.8 Å². The Morgan fingerprint density at radius 2 is 2.11 bits per heavy atom. The first-order valence-electron chi connectivity index (χ1n) is 9.35. The van der Waals surface area contributed by atoms with Gasteiger partial charge in [0, 0.05) is 61.0 Å². The van der Waals surface area contributed by atoms with E-state index in [9.17, 15) is 0 Å². The fourth-order valence-electron chi connectivity index (χ4n) is 3.86. The summed E-state index contributed by atoms with van der Waals surface area (Å²) >= 11 is 0. The van der Waals surface area contributed by atoms with Gasteiger partial charge < -0.3 is 9.73 Å². The van der Waals surface area contributed by atoms with Crippen LogP contribution in [0.25, 0.3) is 16.7 Å². The molecule has 0 bridgehead atoms. The van der Waals surface area contributed by atoms with E-state index >= 15 is 0 Å². The second-order valence-electron chi connectivity index (χ2n) is 7.13. The predicted octanol–water partition coefficient (Wildman–Crippen LogP) is 2.26. The molecule has 3 aromatic heterocycles. The van der Waals surface area contributed by atoms with Crippen molar-refractivity contribution in [2.24, 2.45) is 0 Å². The molecular formula is C20H21N7O. The zero-order valence-electron chi connectivity index (χ0n) is 15.6. The van der Waals surface area contributed by atoms with E-state index in [2.05, 4.69) is 49.3 Å². The fraction of sp³-hybridized carbons (Fsp3) is 0.300. The number of aromatic nitrogens is 5. The topological polar surface area (TPSA) is 84.9 Å². The number of nitrogens with one attached hydrogen (secondary N) is 1. The summed E-state index contributed by atoms with van der Waals surface area (Å²) in [6.45, 7) is 5.88. The van der Waals surface area contributed by atoms with E-state index in [0.717, 1.165) is 37.1 Å². The molecule has 5 rings (SSSR count). The van der Waals surface area contributed by atoms with E-state index in [1.165, 1.54) is 22.8 Å². The molecular weight excluding hydrogens is 354 g/mol. The maximum atomic E-state index is 5.37. The molecule has 0 radical (unpaired) electrons. The summed E-state index contributed by atoms with van der Waals surface area (Å²) in [5.74, 6) is 0.531. The average molecular weight is 375 g/mol. The van der Waals surface area contributed by atoms with Gasteiger partial charge >= 0.3 is 0 Å². The first-order valence-corrected chi connectivity index (χ1v) is 9.35. The Kier molecular flexibility index (Phi) is 4.34. The maximum absolute atomic E-state index is 5.37. The molecule has 4 aromatic rings. The van der Waals surface area contributed by atoms with Crippen LogP contribution in [0.4, 0.5) is 0 Å². The summed E-state index contributed by atoms with van der Waals surface area (Å²) in [4.78, 5) is 15.2. The van der Waals surface area contributed by atoms with Crippen LogP contribution in [-0.4, -0.2) is 49.3 Å². The van der Waals surface area contributed by atoms with Crippen molar-refractivity contribution in [3.8, 4) is 5.95 Å². The minimum absolute atomic E-state index is 0.295. The van der Waals surface area contributed by atoms with Gasteiger partial charge in [0.2, 0.25) is 0 Å². The standard InChI is InChI=1S/C20H21N7O/c1-14-17(3-2-16-10-28-11-18(14)16)19-9-26(5-4-22-19)8-15-6-23-20(24-7-15)27-13-21-12-25-27/h2-3,6-7,10-13,19,22H,4-5,8-9H2,1H3. The zero-order chi connectivity index (χ0) is 18.9. The Balaban J connectivity index is 1.31. The van der Waals surface area contributed by atoms with E-state index in [-0.39, 0.29) is 0 Å². The van der Waals surface area contributed by atoms with Gasteiger partial charge in [0.25, 0.3) is 5.95 Å². The Labute approximate surface area is 162 Å². The molecule has 1 aliphatic heterocycles. The second-order valence-corrected chi connectivity index (χ2v) is 7.13. The monoisotopic (exact) mass is 375 g/mol. The zero-order valence-corrected chi connectivity index (χ0v) is 15.6. The van der Waals surface area contributed by atoms with Gasteiger partial charge in [-0.05, 0) is 18.1 Å². The van der Waals surface area contributed by atoms with Crippen molar-refractivity contribution in [1.29, 1.82) is 0 Å². The molecule has 1 N–H and O–H groups in total. The smallest absolute Gasteiger partial charge is 0.251 e. The largest absolute Gasteiger partial charge is 0.471 e. The van der Waals surface area contributed by atoms with Crippen molar-refractivity contribution in [3.63, 3.8) is 0 Å². The van der Waals surface area contributed by atoms with Crippen LogP contribution in [0.1, 0.15) is 22.7 Å². The third-order valence-electron chi connectivity index (χ3n) is 5.33. The molecule has 1 unspecified atom stereocenters. The molecule has 4 heterocycles. The average Bonchev–Trinajstić information content (AvgIpc) is 3.42. The molecule has 0 amide bonds. The van der Waals surface area contributed by atoms with Gasteiger partial charge in [-0.1, -0.05) is 12.1 Å². The third-order valence-corrected chi connectivity index (χ3v) is 5.33. The van der Waals surface area contributed by atoms with Crippen molar-refractivity contribution in [2.75, 3.05) is 19.6 Å². The number of aryl methyl sites for hydroxylation is 1. The van der Waals surface area contributed by atoms with Gasteiger partial charge in [0.1, 0.15) is 12.7 Å². The Morgan fingerprint density at radius 3 is 2.93 bits per heavy atom. The van der Waals surface area contributed by atoms with E-state index in [0.29, 0.717) is 12.0 Å². The van der Waals surface area contributed by atoms with Crippen LogP contribution in [0.15, 0.2) is 54.1 Å². The van der Waals surface area contributed by atoms with Crippen LogP contribution in [0.3, 0.4) is 0 Å². The molecule has 1 aliphatic rings. The molecule has 0 spiro atoms. The highest BCUT2D eigenvalue weighted by Gasteiger charge is 2.23. The summed E-state index contributed by atoms with van der Waals surface area (Å²) in [7, 11) is 0. The molecule has 8 nitrogen and oxygen atoms in total.